The molecule has 1 aliphatic heterocycles. The van der Waals surface area contributed by atoms with Crippen LogP contribution in [0.15, 0.2) is 46.9 Å². The maximum atomic E-state index is 6.58. The third kappa shape index (κ3) is 3.06. The van der Waals surface area contributed by atoms with Gasteiger partial charge in [-0.2, -0.15) is 0 Å². The number of halogens is 1. The van der Waals surface area contributed by atoms with Crippen molar-refractivity contribution in [3.8, 4) is 11.5 Å². The fraction of sp³-hybridized carbons (Fsp3) is 0.294. The molecule has 21 heavy (non-hydrogen) atoms. The van der Waals surface area contributed by atoms with Crippen LogP contribution in [0.3, 0.4) is 0 Å². The van der Waals surface area contributed by atoms with Crippen LogP contribution in [0.1, 0.15) is 11.1 Å². The number of methoxy groups -OCH3 is 1. The second-order valence-electron chi connectivity index (χ2n) is 5.57. The van der Waals surface area contributed by atoms with Gasteiger partial charge in [-0.15, -0.1) is 0 Å². The zero-order chi connectivity index (χ0) is 14.9. The first-order valence-corrected chi connectivity index (χ1v) is 7.71. The van der Waals surface area contributed by atoms with E-state index in [0.717, 1.165) is 34.4 Å². The first-order valence-electron chi connectivity index (χ1n) is 6.92. The van der Waals surface area contributed by atoms with Crippen LogP contribution in [0.25, 0.3) is 0 Å². The molecule has 1 aliphatic rings. The van der Waals surface area contributed by atoms with Gasteiger partial charge in [-0.1, -0.05) is 34.1 Å². The van der Waals surface area contributed by atoms with Crippen LogP contribution >= 0.6 is 15.9 Å². The number of ether oxygens (including phenoxy) is 2. The molecule has 0 aliphatic carbocycles. The van der Waals surface area contributed by atoms with E-state index in [9.17, 15) is 0 Å². The first-order chi connectivity index (χ1) is 10.1. The first kappa shape index (κ1) is 14.4. The largest absolute Gasteiger partial charge is 0.497 e. The fourth-order valence-corrected chi connectivity index (χ4v) is 3.14. The van der Waals surface area contributed by atoms with Gasteiger partial charge in [0.25, 0.3) is 0 Å². The Morgan fingerprint density at radius 3 is 2.90 bits per heavy atom. The molecular weight excluding hydrogens is 330 g/mol. The lowest BCUT2D eigenvalue weighted by molar-refractivity contribution is 0.189. The van der Waals surface area contributed by atoms with Crippen molar-refractivity contribution in [3.05, 3.63) is 58.1 Å². The van der Waals surface area contributed by atoms with Crippen molar-refractivity contribution in [3.63, 3.8) is 0 Å². The standard InChI is InChI=1S/C17H18BrNO2/c1-20-14-6-7-15(18)13(8-14)10-17(19)9-12-4-2-3-5-16(12)21-11-17/h2-8H,9-11,19H2,1H3. The smallest absolute Gasteiger partial charge is 0.122 e. The van der Waals surface area contributed by atoms with Gasteiger partial charge in [0.05, 0.1) is 12.6 Å². The molecule has 0 spiro atoms. The molecule has 2 N–H and O–H groups in total. The second kappa shape index (κ2) is 5.70. The quantitative estimate of drug-likeness (QED) is 0.925. The van der Waals surface area contributed by atoms with Crippen LogP contribution in [0.4, 0.5) is 0 Å². The number of rotatable bonds is 3. The highest BCUT2D eigenvalue weighted by atomic mass is 79.9. The normalized spacial score (nSPS) is 20.5. The average molecular weight is 348 g/mol. The molecule has 0 saturated carbocycles. The highest BCUT2D eigenvalue weighted by Gasteiger charge is 2.32. The summed E-state index contributed by atoms with van der Waals surface area (Å²) in [5, 5.41) is 0. The van der Waals surface area contributed by atoms with Crippen molar-refractivity contribution in [2.75, 3.05) is 13.7 Å². The van der Waals surface area contributed by atoms with Crippen LogP contribution in [-0.4, -0.2) is 19.3 Å². The van der Waals surface area contributed by atoms with E-state index in [-0.39, 0.29) is 0 Å². The summed E-state index contributed by atoms with van der Waals surface area (Å²) in [5.74, 6) is 1.79. The number of hydrogen-bond donors (Lipinski definition) is 1. The SMILES string of the molecule is COc1ccc(Br)c(CC2(N)COc3ccccc3C2)c1. The Morgan fingerprint density at radius 2 is 2.10 bits per heavy atom. The van der Waals surface area contributed by atoms with Crippen molar-refractivity contribution < 1.29 is 9.47 Å². The van der Waals surface area contributed by atoms with E-state index in [0.29, 0.717) is 6.61 Å². The third-order valence-electron chi connectivity index (χ3n) is 3.83. The summed E-state index contributed by atoms with van der Waals surface area (Å²) in [4.78, 5) is 0. The molecule has 0 amide bonds. The highest BCUT2D eigenvalue weighted by Crippen LogP contribution is 2.32. The number of hydrogen-bond acceptors (Lipinski definition) is 3. The van der Waals surface area contributed by atoms with Gasteiger partial charge in [0, 0.05) is 4.47 Å². The minimum Gasteiger partial charge on any atom is -0.497 e. The van der Waals surface area contributed by atoms with Crippen molar-refractivity contribution in [1.29, 1.82) is 0 Å². The van der Waals surface area contributed by atoms with Gasteiger partial charge in [0.2, 0.25) is 0 Å². The van der Waals surface area contributed by atoms with Crippen LogP contribution in [0, 0.1) is 0 Å². The third-order valence-corrected chi connectivity index (χ3v) is 4.60. The van der Waals surface area contributed by atoms with Crippen LogP contribution in [0.5, 0.6) is 11.5 Å². The van der Waals surface area contributed by atoms with Crippen molar-refractivity contribution >= 4 is 15.9 Å². The number of fused-ring (bicyclic) bond motifs is 1. The molecule has 2 aromatic rings. The van der Waals surface area contributed by atoms with E-state index >= 15 is 0 Å². The minimum absolute atomic E-state index is 0.400. The Kier molecular flexibility index (Phi) is 3.91. The topological polar surface area (TPSA) is 44.5 Å². The molecule has 110 valence electrons. The Hall–Kier alpha value is -1.52. The average Bonchev–Trinajstić information content (AvgIpc) is 2.49. The lowest BCUT2D eigenvalue weighted by Gasteiger charge is -2.35. The number of benzene rings is 2. The van der Waals surface area contributed by atoms with Crippen LogP contribution in [-0.2, 0) is 12.8 Å². The lowest BCUT2D eigenvalue weighted by atomic mass is 9.84. The Bertz CT molecular complexity index is 659. The van der Waals surface area contributed by atoms with Gasteiger partial charge in [-0.25, -0.2) is 0 Å². The lowest BCUT2D eigenvalue weighted by Crippen LogP contribution is -2.51. The molecule has 0 saturated heterocycles. The van der Waals surface area contributed by atoms with E-state index in [1.54, 1.807) is 7.11 Å². The summed E-state index contributed by atoms with van der Waals surface area (Å²) in [7, 11) is 1.67. The zero-order valence-corrected chi connectivity index (χ0v) is 13.5. The van der Waals surface area contributed by atoms with E-state index < -0.39 is 5.54 Å². The van der Waals surface area contributed by atoms with Crippen LogP contribution < -0.4 is 15.2 Å². The molecule has 4 heteroatoms. The fourth-order valence-electron chi connectivity index (χ4n) is 2.75. The van der Waals surface area contributed by atoms with Crippen molar-refractivity contribution in [2.45, 2.75) is 18.4 Å². The summed E-state index contributed by atoms with van der Waals surface area (Å²) in [6.07, 6.45) is 1.55. The molecule has 0 fully saturated rings. The molecule has 1 unspecified atom stereocenters. The predicted octanol–water partition coefficient (Wildman–Crippen LogP) is 3.33. The summed E-state index contributed by atoms with van der Waals surface area (Å²) in [6.45, 7) is 0.521. The summed E-state index contributed by atoms with van der Waals surface area (Å²) in [6, 6.07) is 14.0. The molecule has 0 aromatic heterocycles. The van der Waals surface area contributed by atoms with Gasteiger partial charge in [-0.05, 0) is 48.2 Å². The molecule has 0 bridgehead atoms. The number of para-hydroxylation sites is 1. The molecule has 0 radical (unpaired) electrons. The van der Waals surface area contributed by atoms with E-state index in [4.69, 9.17) is 15.2 Å². The summed E-state index contributed by atoms with van der Waals surface area (Å²) in [5.41, 5.74) is 8.49. The van der Waals surface area contributed by atoms with Gasteiger partial charge in [0.15, 0.2) is 0 Å². The maximum absolute atomic E-state index is 6.58. The predicted molar refractivity (Wildman–Crippen MR) is 87.0 cm³/mol. The van der Waals surface area contributed by atoms with Gasteiger partial charge in [-0.3, -0.25) is 0 Å². The molecule has 3 rings (SSSR count). The Balaban J connectivity index is 1.85. The van der Waals surface area contributed by atoms with E-state index in [2.05, 4.69) is 22.0 Å². The molecule has 1 heterocycles. The summed E-state index contributed by atoms with van der Waals surface area (Å²) >= 11 is 3.59. The minimum atomic E-state index is -0.400. The Morgan fingerprint density at radius 1 is 1.29 bits per heavy atom. The Labute approximate surface area is 133 Å². The van der Waals surface area contributed by atoms with Gasteiger partial charge < -0.3 is 15.2 Å². The number of nitrogens with two attached hydrogens (primary N) is 1. The maximum Gasteiger partial charge on any atom is 0.122 e. The second-order valence-corrected chi connectivity index (χ2v) is 6.42. The van der Waals surface area contributed by atoms with Crippen molar-refractivity contribution in [2.24, 2.45) is 5.73 Å². The highest BCUT2D eigenvalue weighted by molar-refractivity contribution is 9.10. The van der Waals surface area contributed by atoms with Gasteiger partial charge in [0.1, 0.15) is 18.1 Å². The zero-order valence-electron chi connectivity index (χ0n) is 11.9. The van der Waals surface area contributed by atoms with Crippen molar-refractivity contribution in [1.82, 2.24) is 0 Å². The molecule has 3 nitrogen and oxygen atoms in total. The van der Waals surface area contributed by atoms with Crippen LogP contribution in [0.2, 0.25) is 0 Å². The van der Waals surface area contributed by atoms with E-state index in [1.807, 2.05) is 36.4 Å². The monoisotopic (exact) mass is 347 g/mol. The summed E-state index contributed by atoms with van der Waals surface area (Å²) < 4.78 is 12.2. The molecular formula is C17H18BrNO2. The van der Waals surface area contributed by atoms with E-state index in [1.165, 1.54) is 5.56 Å². The molecule has 1 atom stereocenters. The van der Waals surface area contributed by atoms with Gasteiger partial charge >= 0.3 is 0 Å². The molecule has 2 aromatic carbocycles.